The predicted octanol–water partition coefficient (Wildman–Crippen LogP) is 4.60. The number of methoxy groups -OCH3 is 1. The van der Waals surface area contributed by atoms with Crippen LogP contribution in [0.15, 0.2) is 71.6 Å². The van der Waals surface area contributed by atoms with Gasteiger partial charge in [-0.05, 0) is 40.6 Å². The average molecular weight is 351 g/mol. The highest BCUT2D eigenvalue weighted by molar-refractivity contribution is 8.00. The molecule has 3 rings (SSSR count). The van der Waals surface area contributed by atoms with E-state index in [1.54, 1.807) is 23.8 Å². The molecule has 0 radical (unpaired) electrons. The largest absolute Gasteiger partial charge is 0.497 e. The zero-order valence-electron chi connectivity index (χ0n) is 14.4. The van der Waals surface area contributed by atoms with E-state index in [0.717, 1.165) is 10.6 Å². The summed E-state index contributed by atoms with van der Waals surface area (Å²) >= 11 is 1.54. The molecule has 0 aliphatic heterocycles. The van der Waals surface area contributed by atoms with Gasteiger partial charge < -0.3 is 9.64 Å². The summed E-state index contributed by atoms with van der Waals surface area (Å²) in [4.78, 5) is 15.3. The van der Waals surface area contributed by atoms with Gasteiger partial charge in [0.05, 0.1) is 12.9 Å². The summed E-state index contributed by atoms with van der Waals surface area (Å²) in [6, 6.07) is 22.3. The second-order valence-electron chi connectivity index (χ2n) is 5.85. The Hall–Kier alpha value is -2.46. The van der Waals surface area contributed by atoms with E-state index in [9.17, 15) is 4.79 Å². The van der Waals surface area contributed by atoms with E-state index in [2.05, 4.69) is 24.3 Å². The molecule has 0 aliphatic carbocycles. The van der Waals surface area contributed by atoms with Gasteiger partial charge in [0.15, 0.2) is 0 Å². The van der Waals surface area contributed by atoms with Gasteiger partial charge in [-0.1, -0.05) is 42.5 Å². The number of nitrogens with zero attached hydrogens (tertiary/aromatic N) is 1. The van der Waals surface area contributed by atoms with E-state index in [4.69, 9.17) is 4.74 Å². The Labute approximate surface area is 152 Å². The normalized spacial score (nSPS) is 10.6. The highest BCUT2D eigenvalue weighted by atomic mass is 32.2. The van der Waals surface area contributed by atoms with Gasteiger partial charge in [-0.2, -0.15) is 0 Å². The van der Waals surface area contributed by atoms with Gasteiger partial charge in [0, 0.05) is 18.5 Å². The van der Waals surface area contributed by atoms with Crippen LogP contribution >= 0.6 is 11.8 Å². The van der Waals surface area contributed by atoms with Crippen molar-refractivity contribution in [3.05, 3.63) is 72.3 Å². The molecule has 0 saturated carbocycles. The third-order valence-electron chi connectivity index (χ3n) is 4.13. The number of fused-ring (bicyclic) bond motifs is 1. The Morgan fingerprint density at radius 3 is 2.48 bits per heavy atom. The molecule has 0 bridgehead atoms. The molecule has 0 spiro atoms. The van der Waals surface area contributed by atoms with Crippen LogP contribution in [0.4, 0.5) is 0 Å². The first-order valence-corrected chi connectivity index (χ1v) is 9.13. The highest BCUT2D eigenvalue weighted by Gasteiger charge is 2.11. The fourth-order valence-electron chi connectivity index (χ4n) is 2.70. The van der Waals surface area contributed by atoms with E-state index in [-0.39, 0.29) is 5.91 Å². The van der Waals surface area contributed by atoms with Crippen LogP contribution in [0.1, 0.15) is 5.56 Å². The maximum Gasteiger partial charge on any atom is 0.232 e. The fourth-order valence-corrected chi connectivity index (χ4v) is 3.54. The van der Waals surface area contributed by atoms with E-state index in [1.807, 2.05) is 49.5 Å². The first kappa shape index (κ1) is 17.4. The average Bonchev–Trinajstić information content (AvgIpc) is 2.66. The zero-order valence-corrected chi connectivity index (χ0v) is 15.3. The summed E-state index contributed by atoms with van der Waals surface area (Å²) < 4.78 is 5.15. The van der Waals surface area contributed by atoms with Crippen LogP contribution in [0, 0.1) is 0 Å². The van der Waals surface area contributed by atoms with Crippen molar-refractivity contribution in [3.63, 3.8) is 0 Å². The third-order valence-corrected chi connectivity index (χ3v) is 5.13. The maximum absolute atomic E-state index is 12.5. The minimum atomic E-state index is 0.119. The van der Waals surface area contributed by atoms with Crippen molar-refractivity contribution >= 4 is 28.4 Å². The number of carbonyl (C=O) groups excluding carboxylic acids is 1. The summed E-state index contributed by atoms with van der Waals surface area (Å²) in [5, 5.41) is 2.40. The molecule has 0 fully saturated rings. The third kappa shape index (κ3) is 4.34. The lowest BCUT2D eigenvalue weighted by Crippen LogP contribution is -2.27. The minimum Gasteiger partial charge on any atom is -0.497 e. The number of benzene rings is 3. The molecule has 0 aliphatic rings. The summed E-state index contributed by atoms with van der Waals surface area (Å²) in [5.41, 5.74) is 1.17. The Morgan fingerprint density at radius 1 is 1.00 bits per heavy atom. The summed E-state index contributed by atoms with van der Waals surface area (Å²) in [5.74, 6) is 1.37. The predicted molar refractivity (Wildman–Crippen MR) is 104 cm³/mol. The molecule has 4 heteroatoms. The van der Waals surface area contributed by atoms with Crippen LogP contribution in [0.3, 0.4) is 0 Å². The van der Waals surface area contributed by atoms with Crippen molar-refractivity contribution in [2.24, 2.45) is 0 Å². The quantitative estimate of drug-likeness (QED) is 0.608. The lowest BCUT2D eigenvalue weighted by Gasteiger charge is -2.18. The Balaban J connectivity index is 1.62. The lowest BCUT2D eigenvalue weighted by molar-refractivity contribution is -0.127. The summed E-state index contributed by atoms with van der Waals surface area (Å²) in [6.45, 7) is 0.614. The van der Waals surface area contributed by atoms with Crippen LogP contribution in [0.5, 0.6) is 5.75 Å². The number of amides is 1. The smallest absolute Gasteiger partial charge is 0.232 e. The van der Waals surface area contributed by atoms with Gasteiger partial charge in [0.2, 0.25) is 5.91 Å². The summed E-state index contributed by atoms with van der Waals surface area (Å²) in [7, 11) is 3.51. The molecule has 25 heavy (non-hydrogen) atoms. The minimum absolute atomic E-state index is 0.119. The van der Waals surface area contributed by atoms with Gasteiger partial charge in [-0.25, -0.2) is 0 Å². The number of thioether (sulfide) groups is 1. The second-order valence-corrected chi connectivity index (χ2v) is 6.90. The van der Waals surface area contributed by atoms with Crippen LogP contribution in [-0.2, 0) is 11.3 Å². The monoisotopic (exact) mass is 351 g/mol. The Kier molecular flexibility index (Phi) is 5.61. The molecular formula is C21H21NO2S. The van der Waals surface area contributed by atoms with Crippen molar-refractivity contribution < 1.29 is 9.53 Å². The van der Waals surface area contributed by atoms with E-state index >= 15 is 0 Å². The van der Waals surface area contributed by atoms with Crippen molar-refractivity contribution in [3.8, 4) is 5.75 Å². The van der Waals surface area contributed by atoms with Crippen LogP contribution in [-0.4, -0.2) is 30.7 Å². The van der Waals surface area contributed by atoms with Crippen LogP contribution in [0.2, 0.25) is 0 Å². The number of carbonyl (C=O) groups is 1. The highest BCUT2D eigenvalue weighted by Crippen LogP contribution is 2.23. The van der Waals surface area contributed by atoms with Crippen molar-refractivity contribution in [2.45, 2.75) is 11.4 Å². The number of rotatable bonds is 6. The molecule has 0 saturated heterocycles. The fraction of sp³-hybridized carbons (Fsp3) is 0.190. The van der Waals surface area contributed by atoms with Gasteiger partial charge in [0.25, 0.3) is 0 Å². The number of ether oxygens (including phenoxy) is 1. The first-order valence-electron chi connectivity index (χ1n) is 8.15. The Bertz CT molecular complexity index is 856. The van der Waals surface area contributed by atoms with E-state index in [0.29, 0.717) is 12.3 Å². The van der Waals surface area contributed by atoms with Crippen molar-refractivity contribution in [1.82, 2.24) is 4.90 Å². The molecule has 3 aromatic rings. The maximum atomic E-state index is 12.5. The molecule has 3 aromatic carbocycles. The van der Waals surface area contributed by atoms with Gasteiger partial charge >= 0.3 is 0 Å². The SMILES string of the molecule is COc1ccc(SCC(=O)N(C)Cc2cccc3ccccc23)cc1. The number of hydrogen-bond donors (Lipinski definition) is 0. The van der Waals surface area contributed by atoms with Gasteiger partial charge in [0.1, 0.15) is 5.75 Å². The summed E-state index contributed by atoms with van der Waals surface area (Å²) in [6.07, 6.45) is 0. The molecular weight excluding hydrogens is 330 g/mol. The van der Waals surface area contributed by atoms with Crippen LogP contribution < -0.4 is 4.74 Å². The van der Waals surface area contributed by atoms with Gasteiger partial charge in [-0.3, -0.25) is 4.79 Å². The number of hydrogen-bond acceptors (Lipinski definition) is 3. The van der Waals surface area contributed by atoms with E-state index in [1.165, 1.54) is 16.3 Å². The molecule has 1 amide bonds. The molecule has 128 valence electrons. The molecule has 0 N–H and O–H groups in total. The Morgan fingerprint density at radius 2 is 1.72 bits per heavy atom. The molecule has 0 atom stereocenters. The van der Waals surface area contributed by atoms with E-state index < -0.39 is 0 Å². The second kappa shape index (κ2) is 8.08. The first-order chi connectivity index (χ1) is 12.2. The lowest BCUT2D eigenvalue weighted by atomic mass is 10.0. The standard InChI is InChI=1S/C21H21NO2S/c1-22(14-17-8-5-7-16-6-3-4-9-20(16)17)21(23)15-25-19-12-10-18(24-2)11-13-19/h3-13H,14-15H2,1-2H3. The molecule has 0 heterocycles. The molecule has 0 aromatic heterocycles. The topological polar surface area (TPSA) is 29.5 Å². The zero-order chi connectivity index (χ0) is 17.6. The van der Waals surface area contributed by atoms with Crippen LogP contribution in [0.25, 0.3) is 10.8 Å². The molecule has 0 unspecified atom stereocenters. The van der Waals surface area contributed by atoms with Crippen molar-refractivity contribution in [2.75, 3.05) is 19.9 Å². The molecule has 3 nitrogen and oxygen atoms in total. The van der Waals surface area contributed by atoms with Gasteiger partial charge in [-0.15, -0.1) is 11.8 Å². The van der Waals surface area contributed by atoms with Crippen molar-refractivity contribution in [1.29, 1.82) is 0 Å².